The fourth-order valence-electron chi connectivity index (χ4n) is 2.17. The van der Waals surface area contributed by atoms with Crippen molar-refractivity contribution in [3.05, 3.63) is 0 Å². The lowest BCUT2D eigenvalue weighted by atomic mass is 10.0. The molecule has 1 aliphatic heterocycles. The first kappa shape index (κ1) is 12.0. The molecule has 2 N–H and O–H groups in total. The van der Waals surface area contributed by atoms with E-state index in [1.165, 1.54) is 25.7 Å². The van der Waals surface area contributed by atoms with Crippen molar-refractivity contribution in [2.75, 3.05) is 19.6 Å². The molecule has 1 aliphatic rings. The highest BCUT2D eigenvalue weighted by molar-refractivity contribution is 4.80. The summed E-state index contributed by atoms with van der Waals surface area (Å²) in [6, 6.07) is 0.537. The Labute approximate surface area is 87.5 Å². The Morgan fingerprint density at radius 2 is 2.29 bits per heavy atom. The minimum Gasteiger partial charge on any atom is -0.379 e. The maximum absolute atomic E-state index is 9.60. The smallest absolute Gasteiger partial charge is 0.104 e. The summed E-state index contributed by atoms with van der Waals surface area (Å²) in [5.41, 5.74) is 0. The standard InChI is InChI=1S/C11H24N2O/c1-3-4-5-6-11-9-12-7-8-13(11)10(2)14/h10-12,14H,3-9H2,1-2H3. The van der Waals surface area contributed by atoms with Crippen LogP contribution >= 0.6 is 0 Å². The van der Waals surface area contributed by atoms with E-state index in [1.54, 1.807) is 0 Å². The maximum atomic E-state index is 9.60. The molecule has 0 aromatic heterocycles. The lowest BCUT2D eigenvalue weighted by molar-refractivity contribution is -0.0250. The van der Waals surface area contributed by atoms with Gasteiger partial charge in [-0.1, -0.05) is 26.2 Å². The molecule has 0 amide bonds. The van der Waals surface area contributed by atoms with Crippen molar-refractivity contribution in [3.63, 3.8) is 0 Å². The van der Waals surface area contributed by atoms with Gasteiger partial charge in [0.1, 0.15) is 6.23 Å². The highest BCUT2D eigenvalue weighted by atomic mass is 16.3. The van der Waals surface area contributed by atoms with E-state index in [2.05, 4.69) is 17.1 Å². The number of aliphatic hydroxyl groups excluding tert-OH is 1. The molecule has 14 heavy (non-hydrogen) atoms. The molecule has 2 unspecified atom stereocenters. The number of nitrogens with one attached hydrogen (secondary N) is 1. The predicted octanol–water partition coefficient (Wildman–Crippen LogP) is 1.18. The molecule has 84 valence electrons. The molecule has 0 radical (unpaired) electrons. The van der Waals surface area contributed by atoms with E-state index in [0.717, 1.165) is 19.6 Å². The summed E-state index contributed by atoms with van der Waals surface area (Å²) in [6.07, 6.45) is 4.79. The summed E-state index contributed by atoms with van der Waals surface area (Å²) in [7, 11) is 0. The first-order valence-corrected chi connectivity index (χ1v) is 5.90. The fraction of sp³-hybridized carbons (Fsp3) is 1.00. The van der Waals surface area contributed by atoms with Crippen LogP contribution in [0.3, 0.4) is 0 Å². The molecule has 0 spiro atoms. The van der Waals surface area contributed by atoms with Gasteiger partial charge < -0.3 is 10.4 Å². The van der Waals surface area contributed by atoms with E-state index in [1.807, 2.05) is 6.92 Å². The third kappa shape index (κ3) is 3.56. The Morgan fingerprint density at radius 1 is 1.50 bits per heavy atom. The van der Waals surface area contributed by atoms with Crippen LogP contribution in [0.25, 0.3) is 0 Å². The minimum absolute atomic E-state index is 0.288. The predicted molar refractivity (Wildman–Crippen MR) is 59.2 cm³/mol. The van der Waals surface area contributed by atoms with E-state index in [9.17, 15) is 5.11 Å². The third-order valence-corrected chi connectivity index (χ3v) is 3.02. The monoisotopic (exact) mass is 200 g/mol. The zero-order chi connectivity index (χ0) is 10.4. The summed E-state index contributed by atoms with van der Waals surface area (Å²) >= 11 is 0. The van der Waals surface area contributed by atoms with Crippen LogP contribution in [0.2, 0.25) is 0 Å². The van der Waals surface area contributed by atoms with Crippen molar-refractivity contribution in [1.29, 1.82) is 0 Å². The van der Waals surface area contributed by atoms with Gasteiger partial charge in [0.2, 0.25) is 0 Å². The first-order valence-electron chi connectivity index (χ1n) is 5.90. The van der Waals surface area contributed by atoms with Gasteiger partial charge in [-0.05, 0) is 13.3 Å². The Hall–Kier alpha value is -0.120. The molecule has 0 bridgehead atoms. The Balaban J connectivity index is 2.30. The van der Waals surface area contributed by atoms with Gasteiger partial charge in [0.15, 0.2) is 0 Å². The molecular weight excluding hydrogens is 176 g/mol. The van der Waals surface area contributed by atoms with Gasteiger partial charge in [0.25, 0.3) is 0 Å². The van der Waals surface area contributed by atoms with E-state index in [0.29, 0.717) is 6.04 Å². The SMILES string of the molecule is CCCCCC1CNCCN1C(C)O. The van der Waals surface area contributed by atoms with Gasteiger partial charge in [0.05, 0.1) is 0 Å². The number of unbranched alkanes of at least 4 members (excludes halogenated alkanes) is 2. The molecule has 0 aromatic rings. The van der Waals surface area contributed by atoms with Crippen molar-refractivity contribution >= 4 is 0 Å². The third-order valence-electron chi connectivity index (χ3n) is 3.02. The van der Waals surface area contributed by atoms with Crippen LogP contribution in [0.1, 0.15) is 39.5 Å². The zero-order valence-corrected chi connectivity index (χ0v) is 9.50. The van der Waals surface area contributed by atoms with Gasteiger partial charge in [-0.3, -0.25) is 4.90 Å². The quantitative estimate of drug-likeness (QED) is 0.654. The van der Waals surface area contributed by atoms with Crippen LogP contribution in [0.5, 0.6) is 0 Å². The summed E-state index contributed by atoms with van der Waals surface area (Å²) in [5.74, 6) is 0. The van der Waals surface area contributed by atoms with Crippen LogP contribution < -0.4 is 5.32 Å². The van der Waals surface area contributed by atoms with Crippen LogP contribution in [0, 0.1) is 0 Å². The number of rotatable bonds is 5. The number of piperazine rings is 1. The minimum atomic E-state index is -0.288. The second-order valence-corrected chi connectivity index (χ2v) is 4.22. The van der Waals surface area contributed by atoms with Gasteiger partial charge in [-0.25, -0.2) is 0 Å². The molecule has 3 nitrogen and oxygen atoms in total. The topological polar surface area (TPSA) is 35.5 Å². The van der Waals surface area contributed by atoms with Crippen molar-refractivity contribution in [2.24, 2.45) is 0 Å². The number of hydrogen-bond acceptors (Lipinski definition) is 3. The van der Waals surface area contributed by atoms with E-state index >= 15 is 0 Å². The molecule has 1 rings (SSSR count). The van der Waals surface area contributed by atoms with Crippen molar-refractivity contribution in [2.45, 2.75) is 51.8 Å². The normalized spacial score (nSPS) is 26.4. The van der Waals surface area contributed by atoms with E-state index in [-0.39, 0.29) is 6.23 Å². The first-order chi connectivity index (χ1) is 6.75. The molecule has 0 aromatic carbocycles. The lowest BCUT2D eigenvalue weighted by Gasteiger charge is -2.38. The van der Waals surface area contributed by atoms with Crippen molar-refractivity contribution < 1.29 is 5.11 Å². The lowest BCUT2D eigenvalue weighted by Crippen LogP contribution is -2.54. The zero-order valence-electron chi connectivity index (χ0n) is 9.50. The Bertz CT molecular complexity index is 150. The summed E-state index contributed by atoms with van der Waals surface area (Å²) < 4.78 is 0. The fourth-order valence-corrected chi connectivity index (χ4v) is 2.17. The van der Waals surface area contributed by atoms with Gasteiger partial charge >= 0.3 is 0 Å². The highest BCUT2D eigenvalue weighted by Crippen LogP contribution is 2.13. The number of aliphatic hydroxyl groups is 1. The Morgan fingerprint density at radius 3 is 2.93 bits per heavy atom. The van der Waals surface area contributed by atoms with Gasteiger partial charge in [0, 0.05) is 25.7 Å². The molecule has 2 atom stereocenters. The number of nitrogens with zero attached hydrogens (tertiary/aromatic N) is 1. The van der Waals surface area contributed by atoms with E-state index in [4.69, 9.17) is 0 Å². The molecule has 0 saturated carbocycles. The van der Waals surface area contributed by atoms with Crippen LogP contribution in [-0.2, 0) is 0 Å². The highest BCUT2D eigenvalue weighted by Gasteiger charge is 2.24. The largest absolute Gasteiger partial charge is 0.379 e. The maximum Gasteiger partial charge on any atom is 0.104 e. The van der Waals surface area contributed by atoms with Crippen LogP contribution in [0.4, 0.5) is 0 Å². The van der Waals surface area contributed by atoms with Gasteiger partial charge in [-0.2, -0.15) is 0 Å². The molecule has 1 fully saturated rings. The molecular formula is C11H24N2O. The van der Waals surface area contributed by atoms with Crippen LogP contribution in [0.15, 0.2) is 0 Å². The average molecular weight is 200 g/mol. The summed E-state index contributed by atoms with van der Waals surface area (Å²) in [4.78, 5) is 2.21. The molecule has 0 aliphatic carbocycles. The summed E-state index contributed by atoms with van der Waals surface area (Å²) in [6.45, 7) is 7.13. The molecule has 1 heterocycles. The Kier molecular flexibility index (Phi) is 5.45. The second kappa shape index (κ2) is 6.38. The number of hydrogen-bond donors (Lipinski definition) is 2. The van der Waals surface area contributed by atoms with Gasteiger partial charge in [-0.15, -0.1) is 0 Å². The van der Waals surface area contributed by atoms with Crippen molar-refractivity contribution in [1.82, 2.24) is 10.2 Å². The summed E-state index contributed by atoms with van der Waals surface area (Å²) in [5, 5.41) is 13.0. The average Bonchev–Trinajstić information content (AvgIpc) is 2.19. The van der Waals surface area contributed by atoms with Crippen LogP contribution in [-0.4, -0.2) is 41.9 Å². The van der Waals surface area contributed by atoms with Crippen molar-refractivity contribution in [3.8, 4) is 0 Å². The van der Waals surface area contributed by atoms with E-state index < -0.39 is 0 Å². The molecule has 1 saturated heterocycles. The second-order valence-electron chi connectivity index (χ2n) is 4.22. The molecule has 3 heteroatoms.